The number of hydrogen-bond acceptors (Lipinski definition) is 2. The Balaban J connectivity index is 1.67. The molecule has 3 aliphatic rings. The Morgan fingerprint density at radius 1 is 1.14 bits per heavy atom. The summed E-state index contributed by atoms with van der Waals surface area (Å²) in [7, 11) is 0. The summed E-state index contributed by atoms with van der Waals surface area (Å²) in [4.78, 5) is 26.9. The third-order valence-electron chi connectivity index (χ3n) is 5.77. The number of carbonyl (C=O) groups excluding carboxylic acids is 2. The molecule has 4 heteroatoms. The summed E-state index contributed by atoms with van der Waals surface area (Å²) in [5.74, 6) is 1.38. The van der Waals surface area contributed by atoms with Gasteiger partial charge in [-0.2, -0.15) is 0 Å². The second kappa shape index (κ2) is 5.62. The van der Waals surface area contributed by atoms with Crippen LogP contribution >= 0.6 is 0 Å². The maximum Gasteiger partial charge on any atom is 0.249 e. The Labute approximate surface area is 127 Å². The molecule has 3 rings (SSSR count). The molecule has 0 aromatic carbocycles. The van der Waals surface area contributed by atoms with Gasteiger partial charge in [0, 0.05) is 6.04 Å². The minimum Gasteiger partial charge on any atom is -0.340 e. The first-order valence-electron chi connectivity index (χ1n) is 8.66. The topological polar surface area (TPSA) is 49.4 Å². The Kier molecular flexibility index (Phi) is 3.98. The standard InChI is InChI=1S/C17H28N2O2/c1-3-4-12-5-9-14(10-6-12)19-11-15(20)18-17(2,16(19)21)13-7-8-13/h12-14H,3-11H2,1-2H3,(H,18,20). The number of nitrogens with zero attached hydrogens (tertiary/aromatic N) is 1. The van der Waals surface area contributed by atoms with E-state index in [-0.39, 0.29) is 24.4 Å². The van der Waals surface area contributed by atoms with Gasteiger partial charge in [0.05, 0.1) is 6.54 Å². The van der Waals surface area contributed by atoms with E-state index in [1.54, 1.807) is 0 Å². The molecule has 3 fully saturated rings. The highest BCUT2D eigenvalue weighted by molar-refractivity contribution is 5.98. The zero-order valence-electron chi connectivity index (χ0n) is 13.4. The van der Waals surface area contributed by atoms with Gasteiger partial charge in [-0.1, -0.05) is 19.8 Å². The lowest BCUT2D eigenvalue weighted by Gasteiger charge is -2.45. The second-order valence-corrected chi connectivity index (χ2v) is 7.42. The van der Waals surface area contributed by atoms with Gasteiger partial charge in [0.25, 0.3) is 0 Å². The van der Waals surface area contributed by atoms with Crippen LogP contribution in [0.25, 0.3) is 0 Å². The van der Waals surface area contributed by atoms with E-state index < -0.39 is 5.54 Å². The number of nitrogens with one attached hydrogen (secondary N) is 1. The first kappa shape index (κ1) is 14.9. The fourth-order valence-electron chi connectivity index (χ4n) is 4.29. The first-order valence-corrected chi connectivity index (χ1v) is 8.66. The molecule has 1 heterocycles. The molecule has 0 radical (unpaired) electrons. The van der Waals surface area contributed by atoms with Gasteiger partial charge in [-0.15, -0.1) is 0 Å². The lowest BCUT2D eigenvalue weighted by atomic mass is 9.81. The fraction of sp³-hybridized carbons (Fsp3) is 0.882. The van der Waals surface area contributed by atoms with Crippen LogP contribution in [0, 0.1) is 11.8 Å². The zero-order valence-corrected chi connectivity index (χ0v) is 13.4. The van der Waals surface area contributed by atoms with Crippen LogP contribution in [0.5, 0.6) is 0 Å². The van der Waals surface area contributed by atoms with Crippen molar-refractivity contribution >= 4 is 11.8 Å². The smallest absolute Gasteiger partial charge is 0.249 e. The number of amides is 2. The summed E-state index contributed by atoms with van der Waals surface area (Å²) < 4.78 is 0. The summed E-state index contributed by atoms with van der Waals surface area (Å²) in [5, 5.41) is 2.97. The van der Waals surface area contributed by atoms with Crippen LogP contribution in [0.1, 0.15) is 65.2 Å². The molecule has 4 nitrogen and oxygen atoms in total. The summed E-state index contributed by atoms with van der Waals surface area (Å²) in [6.07, 6.45) is 9.27. The van der Waals surface area contributed by atoms with Crippen molar-refractivity contribution in [2.24, 2.45) is 11.8 Å². The largest absolute Gasteiger partial charge is 0.340 e. The minimum absolute atomic E-state index is 0.0275. The van der Waals surface area contributed by atoms with E-state index >= 15 is 0 Å². The molecule has 21 heavy (non-hydrogen) atoms. The molecule has 0 aromatic rings. The summed E-state index contributed by atoms with van der Waals surface area (Å²) >= 11 is 0. The molecule has 2 amide bonds. The van der Waals surface area contributed by atoms with E-state index in [1.165, 1.54) is 25.7 Å². The summed E-state index contributed by atoms with van der Waals surface area (Å²) in [6.45, 7) is 4.44. The van der Waals surface area contributed by atoms with E-state index in [9.17, 15) is 9.59 Å². The zero-order chi connectivity index (χ0) is 15.0. The quantitative estimate of drug-likeness (QED) is 0.865. The molecule has 1 N–H and O–H groups in total. The van der Waals surface area contributed by atoms with Crippen molar-refractivity contribution in [3.63, 3.8) is 0 Å². The van der Waals surface area contributed by atoms with Gasteiger partial charge in [-0.3, -0.25) is 9.59 Å². The predicted octanol–water partition coefficient (Wildman–Crippen LogP) is 2.47. The molecule has 1 aliphatic heterocycles. The summed E-state index contributed by atoms with van der Waals surface area (Å²) in [6, 6.07) is 0.287. The van der Waals surface area contributed by atoms with Gasteiger partial charge in [-0.05, 0) is 57.3 Å². The monoisotopic (exact) mass is 292 g/mol. The SMILES string of the molecule is CCCC1CCC(N2CC(=O)NC(C)(C3CC3)C2=O)CC1. The molecule has 118 valence electrons. The van der Waals surface area contributed by atoms with Gasteiger partial charge >= 0.3 is 0 Å². The molecule has 2 aliphatic carbocycles. The van der Waals surface area contributed by atoms with E-state index in [4.69, 9.17) is 0 Å². The van der Waals surface area contributed by atoms with Crippen LogP contribution in [0.4, 0.5) is 0 Å². The highest BCUT2D eigenvalue weighted by Crippen LogP contribution is 2.42. The molecular weight excluding hydrogens is 264 g/mol. The van der Waals surface area contributed by atoms with Crippen molar-refractivity contribution in [1.82, 2.24) is 10.2 Å². The van der Waals surface area contributed by atoms with Crippen molar-refractivity contribution < 1.29 is 9.59 Å². The highest BCUT2D eigenvalue weighted by atomic mass is 16.2. The molecule has 2 saturated carbocycles. The first-order chi connectivity index (χ1) is 10.0. The number of hydrogen-bond donors (Lipinski definition) is 1. The molecule has 1 atom stereocenters. The van der Waals surface area contributed by atoms with Crippen LogP contribution in [0.3, 0.4) is 0 Å². The lowest BCUT2D eigenvalue weighted by molar-refractivity contribution is -0.153. The molecule has 0 aromatic heterocycles. The Bertz CT molecular complexity index is 425. The molecule has 0 spiro atoms. The Morgan fingerprint density at radius 3 is 2.38 bits per heavy atom. The second-order valence-electron chi connectivity index (χ2n) is 7.42. The van der Waals surface area contributed by atoms with Crippen LogP contribution in [-0.2, 0) is 9.59 Å². The summed E-state index contributed by atoms with van der Waals surface area (Å²) in [5.41, 5.74) is -0.629. The number of carbonyl (C=O) groups is 2. The van der Waals surface area contributed by atoms with Crippen molar-refractivity contribution in [2.75, 3.05) is 6.54 Å². The maximum atomic E-state index is 12.9. The van der Waals surface area contributed by atoms with Gasteiger partial charge in [0.1, 0.15) is 5.54 Å². The van der Waals surface area contributed by atoms with Gasteiger partial charge in [-0.25, -0.2) is 0 Å². The number of rotatable bonds is 4. The normalized spacial score (nSPS) is 37.5. The van der Waals surface area contributed by atoms with Gasteiger partial charge < -0.3 is 10.2 Å². The van der Waals surface area contributed by atoms with Crippen LogP contribution in [0.2, 0.25) is 0 Å². The third kappa shape index (κ3) is 2.82. The molecular formula is C17H28N2O2. The van der Waals surface area contributed by atoms with E-state index in [1.807, 2.05) is 11.8 Å². The van der Waals surface area contributed by atoms with Crippen molar-refractivity contribution in [1.29, 1.82) is 0 Å². The van der Waals surface area contributed by atoms with Crippen molar-refractivity contribution in [3.05, 3.63) is 0 Å². The number of piperazine rings is 1. The molecule has 1 unspecified atom stereocenters. The van der Waals surface area contributed by atoms with Crippen molar-refractivity contribution in [2.45, 2.75) is 76.8 Å². The lowest BCUT2D eigenvalue weighted by Crippen LogP contribution is -2.68. The average Bonchev–Trinajstić information content (AvgIpc) is 3.29. The Hall–Kier alpha value is -1.06. The van der Waals surface area contributed by atoms with E-state index in [0.717, 1.165) is 31.6 Å². The van der Waals surface area contributed by atoms with E-state index in [2.05, 4.69) is 12.2 Å². The molecule has 0 bridgehead atoms. The Morgan fingerprint density at radius 2 is 1.81 bits per heavy atom. The fourth-order valence-corrected chi connectivity index (χ4v) is 4.29. The maximum absolute atomic E-state index is 12.9. The minimum atomic E-state index is -0.629. The average molecular weight is 292 g/mol. The predicted molar refractivity (Wildman–Crippen MR) is 81.6 cm³/mol. The van der Waals surface area contributed by atoms with Gasteiger partial charge in [0.2, 0.25) is 11.8 Å². The third-order valence-corrected chi connectivity index (χ3v) is 5.77. The molecule has 1 saturated heterocycles. The van der Waals surface area contributed by atoms with E-state index in [0.29, 0.717) is 5.92 Å². The van der Waals surface area contributed by atoms with Crippen LogP contribution < -0.4 is 5.32 Å². The van der Waals surface area contributed by atoms with Crippen LogP contribution in [0.15, 0.2) is 0 Å². The highest BCUT2D eigenvalue weighted by Gasteiger charge is 2.53. The van der Waals surface area contributed by atoms with Gasteiger partial charge in [0.15, 0.2) is 0 Å². The van der Waals surface area contributed by atoms with Crippen molar-refractivity contribution in [3.8, 4) is 0 Å². The van der Waals surface area contributed by atoms with Crippen LogP contribution in [-0.4, -0.2) is 34.8 Å².